The Labute approximate surface area is 119 Å². The van der Waals surface area contributed by atoms with E-state index in [1.165, 1.54) is 0 Å². The topological polar surface area (TPSA) is 49.4 Å². The average molecular weight is 272 g/mol. The molecule has 2 aliphatic rings. The Bertz CT molecular complexity index is 568. The van der Waals surface area contributed by atoms with Crippen molar-refractivity contribution in [1.29, 1.82) is 0 Å². The van der Waals surface area contributed by atoms with Gasteiger partial charge in [-0.1, -0.05) is 19.1 Å². The van der Waals surface area contributed by atoms with E-state index in [0.717, 1.165) is 24.9 Å². The molecular weight excluding hydrogens is 252 g/mol. The van der Waals surface area contributed by atoms with Crippen LogP contribution in [0, 0.1) is 5.92 Å². The first-order valence-corrected chi connectivity index (χ1v) is 7.29. The van der Waals surface area contributed by atoms with Gasteiger partial charge in [-0.25, -0.2) is 0 Å². The second-order valence-electron chi connectivity index (χ2n) is 6.00. The van der Waals surface area contributed by atoms with Crippen LogP contribution in [0.15, 0.2) is 18.2 Å². The van der Waals surface area contributed by atoms with Gasteiger partial charge in [-0.3, -0.25) is 9.59 Å². The Balaban J connectivity index is 1.92. The van der Waals surface area contributed by atoms with Gasteiger partial charge in [0.25, 0.3) is 11.8 Å². The molecule has 1 N–H and O–H groups in total. The molecule has 2 aliphatic heterocycles. The maximum atomic E-state index is 12.8. The molecule has 0 aliphatic carbocycles. The maximum absolute atomic E-state index is 12.8. The van der Waals surface area contributed by atoms with E-state index in [2.05, 4.69) is 19.2 Å². The summed E-state index contributed by atoms with van der Waals surface area (Å²) in [6.07, 6.45) is 2.07. The van der Waals surface area contributed by atoms with Crippen molar-refractivity contribution in [3.63, 3.8) is 0 Å². The van der Waals surface area contributed by atoms with Crippen LogP contribution in [-0.4, -0.2) is 29.3 Å². The molecule has 1 aromatic rings. The first kappa shape index (κ1) is 13.2. The molecule has 0 unspecified atom stereocenters. The summed E-state index contributed by atoms with van der Waals surface area (Å²) in [5.41, 5.74) is 2.06. The van der Waals surface area contributed by atoms with E-state index in [4.69, 9.17) is 0 Å². The number of piperidine rings is 1. The number of amides is 2. The number of rotatable bonds is 1. The summed E-state index contributed by atoms with van der Waals surface area (Å²) in [7, 11) is 0. The van der Waals surface area contributed by atoms with Gasteiger partial charge in [-0.15, -0.1) is 0 Å². The molecule has 0 radical (unpaired) electrons. The van der Waals surface area contributed by atoms with Gasteiger partial charge in [-0.05, 0) is 37.3 Å². The third-order valence-corrected chi connectivity index (χ3v) is 4.45. The van der Waals surface area contributed by atoms with E-state index in [1.54, 1.807) is 6.07 Å². The minimum Gasteiger partial charge on any atom is -0.348 e. The van der Waals surface area contributed by atoms with Gasteiger partial charge in [0.05, 0.1) is 11.1 Å². The highest BCUT2D eigenvalue weighted by molar-refractivity contribution is 6.09. The summed E-state index contributed by atoms with van der Waals surface area (Å²) in [4.78, 5) is 26.6. The smallest absolute Gasteiger partial charge is 0.254 e. The van der Waals surface area contributed by atoms with Gasteiger partial charge in [0, 0.05) is 19.1 Å². The molecule has 1 aromatic carbocycles. The van der Waals surface area contributed by atoms with Crippen LogP contribution in [0.5, 0.6) is 0 Å². The number of nitrogens with zero attached hydrogens (tertiary/aromatic N) is 1. The molecule has 2 heterocycles. The Morgan fingerprint density at radius 2 is 2.15 bits per heavy atom. The van der Waals surface area contributed by atoms with Gasteiger partial charge < -0.3 is 10.2 Å². The van der Waals surface area contributed by atoms with Crippen molar-refractivity contribution in [2.24, 2.45) is 5.92 Å². The quantitative estimate of drug-likeness (QED) is 0.852. The zero-order chi connectivity index (χ0) is 14.3. The minimum atomic E-state index is -0.123. The van der Waals surface area contributed by atoms with E-state index >= 15 is 0 Å². The Hall–Kier alpha value is -1.84. The molecule has 1 fully saturated rings. The van der Waals surface area contributed by atoms with Gasteiger partial charge in [0.2, 0.25) is 0 Å². The molecule has 0 saturated carbocycles. The summed E-state index contributed by atoms with van der Waals surface area (Å²) in [5.74, 6) is 0.541. The van der Waals surface area contributed by atoms with Crippen LogP contribution in [0.3, 0.4) is 0 Å². The lowest BCUT2D eigenvalue weighted by Gasteiger charge is -2.36. The predicted molar refractivity (Wildman–Crippen MR) is 76.5 cm³/mol. The average Bonchev–Trinajstić information content (AvgIpc) is 2.80. The molecule has 4 nitrogen and oxygen atoms in total. The zero-order valence-electron chi connectivity index (χ0n) is 12.0. The summed E-state index contributed by atoms with van der Waals surface area (Å²) in [6.45, 7) is 5.64. The highest BCUT2D eigenvalue weighted by atomic mass is 16.2. The van der Waals surface area contributed by atoms with Crippen LogP contribution in [0.2, 0.25) is 0 Å². The summed E-state index contributed by atoms with van der Waals surface area (Å²) in [5, 5.41) is 2.79. The fourth-order valence-corrected chi connectivity index (χ4v) is 3.32. The minimum absolute atomic E-state index is 0.00157. The summed E-state index contributed by atoms with van der Waals surface area (Å²) >= 11 is 0. The Kier molecular flexibility index (Phi) is 3.24. The standard InChI is InChI=1S/C16H20N2O2/c1-10-6-7-18(11(2)8-10)16(20)13-5-3-4-12-9-17-15(19)14(12)13/h3-5,10-11H,6-9H2,1-2H3,(H,17,19)/t10-,11-/m1/s1. The molecule has 0 aromatic heterocycles. The molecule has 0 spiro atoms. The number of hydrogen-bond donors (Lipinski definition) is 1. The number of fused-ring (bicyclic) bond motifs is 1. The first-order chi connectivity index (χ1) is 9.58. The monoisotopic (exact) mass is 272 g/mol. The summed E-state index contributed by atoms with van der Waals surface area (Å²) < 4.78 is 0. The van der Waals surface area contributed by atoms with Crippen molar-refractivity contribution < 1.29 is 9.59 Å². The zero-order valence-corrected chi connectivity index (χ0v) is 12.0. The summed E-state index contributed by atoms with van der Waals surface area (Å²) in [6, 6.07) is 5.79. The van der Waals surface area contributed by atoms with Crippen molar-refractivity contribution in [3.05, 3.63) is 34.9 Å². The molecule has 106 valence electrons. The van der Waals surface area contributed by atoms with Crippen LogP contribution < -0.4 is 5.32 Å². The van der Waals surface area contributed by atoms with Crippen LogP contribution in [0.25, 0.3) is 0 Å². The largest absolute Gasteiger partial charge is 0.348 e. The molecule has 2 atom stereocenters. The van der Waals surface area contributed by atoms with E-state index in [9.17, 15) is 9.59 Å². The van der Waals surface area contributed by atoms with Crippen LogP contribution >= 0.6 is 0 Å². The molecule has 2 amide bonds. The third-order valence-electron chi connectivity index (χ3n) is 4.45. The van der Waals surface area contributed by atoms with E-state index < -0.39 is 0 Å². The fourth-order valence-electron chi connectivity index (χ4n) is 3.32. The second kappa shape index (κ2) is 4.93. The van der Waals surface area contributed by atoms with E-state index in [1.807, 2.05) is 17.0 Å². The van der Waals surface area contributed by atoms with Gasteiger partial charge in [0.1, 0.15) is 0 Å². The lowest BCUT2D eigenvalue weighted by molar-refractivity contribution is 0.0585. The first-order valence-electron chi connectivity index (χ1n) is 7.29. The number of likely N-dealkylation sites (tertiary alicyclic amines) is 1. The van der Waals surface area contributed by atoms with Crippen LogP contribution in [0.4, 0.5) is 0 Å². The van der Waals surface area contributed by atoms with Crippen molar-refractivity contribution in [2.45, 2.75) is 39.3 Å². The lowest BCUT2D eigenvalue weighted by atomic mass is 9.92. The third kappa shape index (κ3) is 2.09. The van der Waals surface area contributed by atoms with E-state index in [0.29, 0.717) is 23.6 Å². The second-order valence-corrected chi connectivity index (χ2v) is 6.00. The van der Waals surface area contributed by atoms with Crippen molar-refractivity contribution in [2.75, 3.05) is 6.54 Å². The normalized spacial score (nSPS) is 25.3. The lowest BCUT2D eigenvalue weighted by Crippen LogP contribution is -2.44. The molecule has 4 heteroatoms. The van der Waals surface area contributed by atoms with Gasteiger partial charge >= 0.3 is 0 Å². The highest BCUT2D eigenvalue weighted by Gasteiger charge is 2.31. The number of nitrogens with one attached hydrogen (secondary N) is 1. The van der Waals surface area contributed by atoms with Crippen molar-refractivity contribution in [1.82, 2.24) is 10.2 Å². The number of benzene rings is 1. The Morgan fingerprint density at radius 3 is 2.90 bits per heavy atom. The molecule has 3 rings (SSSR count). The van der Waals surface area contributed by atoms with Crippen LogP contribution in [-0.2, 0) is 6.54 Å². The molecular formula is C16H20N2O2. The van der Waals surface area contributed by atoms with Crippen molar-refractivity contribution in [3.8, 4) is 0 Å². The van der Waals surface area contributed by atoms with Gasteiger partial charge in [-0.2, -0.15) is 0 Å². The number of carbonyl (C=O) groups is 2. The number of hydrogen-bond acceptors (Lipinski definition) is 2. The van der Waals surface area contributed by atoms with Crippen molar-refractivity contribution >= 4 is 11.8 Å². The molecule has 1 saturated heterocycles. The molecule has 0 bridgehead atoms. The predicted octanol–water partition coefficient (Wildman–Crippen LogP) is 2.19. The number of carbonyl (C=O) groups excluding carboxylic acids is 2. The molecule has 20 heavy (non-hydrogen) atoms. The fraction of sp³-hybridized carbons (Fsp3) is 0.500. The van der Waals surface area contributed by atoms with E-state index in [-0.39, 0.29) is 17.9 Å². The van der Waals surface area contributed by atoms with Gasteiger partial charge in [0.15, 0.2) is 0 Å². The SMILES string of the molecule is C[C@@H]1CCN(C(=O)c2cccc3c2C(=O)NC3)[C@H](C)C1. The Morgan fingerprint density at radius 1 is 1.35 bits per heavy atom. The van der Waals surface area contributed by atoms with Crippen LogP contribution in [0.1, 0.15) is 53.0 Å². The highest BCUT2D eigenvalue weighted by Crippen LogP contribution is 2.26. The maximum Gasteiger partial charge on any atom is 0.254 e.